The van der Waals surface area contributed by atoms with Crippen molar-refractivity contribution in [1.29, 1.82) is 0 Å². The van der Waals surface area contributed by atoms with Crippen LogP contribution in [0.2, 0.25) is 0 Å². The summed E-state index contributed by atoms with van der Waals surface area (Å²) in [4.78, 5) is 18.9. The molecule has 1 fully saturated rings. The summed E-state index contributed by atoms with van der Waals surface area (Å²) in [5, 5.41) is 6.15. The highest BCUT2D eigenvalue weighted by atomic mass is 32.1. The first-order valence-electron chi connectivity index (χ1n) is 8.27. The van der Waals surface area contributed by atoms with E-state index in [2.05, 4.69) is 21.7 Å². The summed E-state index contributed by atoms with van der Waals surface area (Å²) in [6, 6.07) is 8.13. The highest BCUT2D eigenvalue weighted by Crippen LogP contribution is 2.33. The summed E-state index contributed by atoms with van der Waals surface area (Å²) in [5.74, 6) is 0.832. The molecule has 1 aromatic carbocycles. The van der Waals surface area contributed by atoms with Gasteiger partial charge in [-0.05, 0) is 37.5 Å². The van der Waals surface area contributed by atoms with Gasteiger partial charge in [0.05, 0.1) is 23.9 Å². The molecule has 2 heterocycles. The van der Waals surface area contributed by atoms with Gasteiger partial charge in [-0.1, -0.05) is 12.1 Å². The number of carbonyl (C=O) groups is 1. The zero-order valence-electron chi connectivity index (χ0n) is 14.1. The minimum atomic E-state index is 0.00673. The predicted octanol–water partition coefficient (Wildman–Crippen LogP) is 3.55. The minimum Gasteiger partial charge on any atom is -0.497 e. The van der Waals surface area contributed by atoms with Crippen LogP contribution in [0.3, 0.4) is 0 Å². The molecule has 0 spiro atoms. The molecule has 2 amide bonds. The van der Waals surface area contributed by atoms with Crippen LogP contribution in [0.5, 0.6) is 5.75 Å². The Bertz CT molecular complexity index is 701. The van der Waals surface area contributed by atoms with Crippen molar-refractivity contribution >= 4 is 17.4 Å². The van der Waals surface area contributed by atoms with E-state index in [9.17, 15) is 4.79 Å². The molecule has 1 saturated heterocycles. The smallest absolute Gasteiger partial charge is 0.317 e. The molecule has 1 N–H and O–H groups in total. The Kier molecular flexibility index (Phi) is 5.35. The maximum atomic E-state index is 12.5. The van der Waals surface area contributed by atoms with Crippen LogP contribution < -0.4 is 10.1 Å². The van der Waals surface area contributed by atoms with Gasteiger partial charge in [-0.25, -0.2) is 9.78 Å². The number of nitrogens with zero attached hydrogens (tertiary/aromatic N) is 2. The van der Waals surface area contributed by atoms with Crippen LogP contribution in [0.4, 0.5) is 4.79 Å². The number of methoxy groups -OCH3 is 1. The van der Waals surface area contributed by atoms with E-state index in [0.717, 1.165) is 47.8 Å². The predicted molar refractivity (Wildman–Crippen MR) is 95.6 cm³/mol. The van der Waals surface area contributed by atoms with Gasteiger partial charge in [0.2, 0.25) is 0 Å². The van der Waals surface area contributed by atoms with E-state index >= 15 is 0 Å². The van der Waals surface area contributed by atoms with Crippen molar-refractivity contribution in [3.63, 3.8) is 0 Å². The first-order chi connectivity index (χ1) is 11.7. The van der Waals surface area contributed by atoms with Crippen LogP contribution in [0.15, 0.2) is 29.6 Å². The summed E-state index contributed by atoms with van der Waals surface area (Å²) >= 11 is 1.64. The number of aromatic nitrogens is 1. The third-order valence-corrected chi connectivity index (χ3v) is 5.14. The first-order valence-corrected chi connectivity index (χ1v) is 9.15. The number of ether oxygens (including phenoxy) is 1. The van der Waals surface area contributed by atoms with Crippen LogP contribution in [-0.4, -0.2) is 36.1 Å². The highest BCUT2D eigenvalue weighted by molar-refractivity contribution is 7.09. The number of rotatable bonds is 5. The lowest BCUT2D eigenvalue weighted by Crippen LogP contribution is -2.40. The molecule has 1 aromatic heterocycles. The van der Waals surface area contributed by atoms with Crippen molar-refractivity contribution in [2.75, 3.05) is 20.2 Å². The molecular formula is C18H23N3O2S. The normalized spacial score (nSPS) is 17.1. The molecule has 1 atom stereocenters. The van der Waals surface area contributed by atoms with Gasteiger partial charge in [-0.15, -0.1) is 11.3 Å². The molecular weight excluding hydrogens is 322 g/mol. The van der Waals surface area contributed by atoms with Gasteiger partial charge in [-0.3, -0.25) is 0 Å². The molecule has 1 aliphatic rings. The average Bonchev–Trinajstić information content (AvgIpc) is 3.24. The average molecular weight is 345 g/mol. The Morgan fingerprint density at radius 1 is 1.50 bits per heavy atom. The molecule has 0 aliphatic carbocycles. The molecule has 3 rings (SSSR count). The second-order valence-corrected chi connectivity index (χ2v) is 7.03. The molecule has 1 aliphatic heterocycles. The molecule has 5 nitrogen and oxygen atoms in total. The quantitative estimate of drug-likeness (QED) is 0.902. The summed E-state index contributed by atoms with van der Waals surface area (Å²) in [7, 11) is 1.67. The molecule has 0 saturated carbocycles. The number of likely N-dealkylation sites (tertiary alicyclic amines) is 1. The molecule has 128 valence electrons. The van der Waals surface area contributed by atoms with E-state index in [4.69, 9.17) is 4.74 Å². The van der Waals surface area contributed by atoms with E-state index in [0.29, 0.717) is 6.54 Å². The maximum absolute atomic E-state index is 12.5. The monoisotopic (exact) mass is 345 g/mol. The summed E-state index contributed by atoms with van der Waals surface area (Å²) in [6.07, 6.45) is 2.79. The Morgan fingerprint density at radius 3 is 3.12 bits per heavy atom. The fraction of sp³-hybridized carbons (Fsp3) is 0.444. The molecule has 0 bridgehead atoms. The molecule has 2 aromatic rings. The van der Waals surface area contributed by atoms with Crippen LogP contribution >= 0.6 is 11.3 Å². The van der Waals surface area contributed by atoms with E-state index in [1.165, 1.54) is 0 Å². The third-order valence-electron chi connectivity index (χ3n) is 4.32. The van der Waals surface area contributed by atoms with Gasteiger partial charge in [0.1, 0.15) is 5.75 Å². The van der Waals surface area contributed by atoms with Crippen molar-refractivity contribution in [2.24, 2.45) is 0 Å². The minimum absolute atomic E-state index is 0.00673. The lowest BCUT2D eigenvalue weighted by Gasteiger charge is -2.25. The topological polar surface area (TPSA) is 54.5 Å². The van der Waals surface area contributed by atoms with E-state index in [1.807, 2.05) is 30.0 Å². The molecule has 0 unspecified atom stereocenters. The zero-order chi connectivity index (χ0) is 16.9. The number of benzene rings is 1. The number of thiazole rings is 1. The fourth-order valence-corrected chi connectivity index (χ4v) is 3.77. The van der Waals surface area contributed by atoms with Gasteiger partial charge in [0, 0.05) is 24.9 Å². The summed E-state index contributed by atoms with van der Waals surface area (Å²) in [5.41, 5.74) is 2.18. The molecule has 0 radical (unpaired) electrons. The van der Waals surface area contributed by atoms with Gasteiger partial charge < -0.3 is 15.0 Å². The van der Waals surface area contributed by atoms with Crippen molar-refractivity contribution in [2.45, 2.75) is 32.2 Å². The van der Waals surface area contributed by atoms with Crippen LogP contribution in [0.25, 0.3) is 0 Å². The van der Waals surface area contributed by atoms with E-state index < -0.39 is 0 Å². The van der Waals surface area contributed by atoms with Gasteiger partial charge in [0.15, 0.2) is 0 Å². The number of urea groups is 1. The standard InChI is InChI=1S/C18H23N3O2S/c1-13-20-15(12-24-13)8-9-19-18(22)21-10-4-7-17(21)14-5-3-6-16(11-14)23-2/h3,5-6,11-12,17H,4,7-10H2,1-2H3,(H,19,22)/t17-/m0/s1. The number of hydrogen-bond donors (Lipinski definition) is 1. The maximum Gasteiger partial charge on any atom is 0.317 e. The third kappa shape index (κ3) is 3.87. The summed E-state index contributed by atoms with van der Waals surface area (Å²) < 4.78 is 5.30. The lowest BCUT2D eigenvalue weighted by molar-refractivity contribution is 0.193. The Hall–Kier alpha value is -2.08. The van der Waals surface area contributed by atoms with Crippen molar-refractivity contribution < 1.29 is 9.53 Å². The SMILES string of the molecule is COc1cccc([C@@H]2CCCN2C(=O)NCCc2csc(C)n2)c1. The van der Waals surface area contributed by atoms with E-state index in [1.54, 1.807) is 18.4 Å². The Morgan fingerprint density at radius 2 is 2.38 bits per heavy atom. The fourth-order valence-electron chi connectivity index (χ4n) is 3.13. The van der Waals surface area contributed by atoms with E-state index in [-0.39, 0.29) is 12.1 Å². The van der Waals surface area contributed by atoms with Crippen molar-refractivity contribution in [3.8, 4) is 5.75 Å². The first kappa shape index (κ1) is 16.8. The number of nitrogens with one attached hydrogen (secondary N) is 1. The molecule has 6 heteroatoms. The van der Waals surface area contributed by atoms with Crippen molar-refractivity contribution in [1.82, 2.24) is 15.2 Å². The van der Waals surface area contributed by atoms with Crippen LogP contribution in [0.1, 0.15) is 35.1 Å². The second kappa shape index (κ2) is 7.66. The Balaban J connectivity index is 1.58. The highest BCUT2D eigenvalue weighted by Gasteiger charge is 2.29. The number of carbonyl (C=O) groups excluding carboxylic acids is 1. The lowest BCUT2D eigenvalue weighted by atomic mass is 10.0. The number of aryl methyl sites for hydroxylation is 1. The number of hydrogen-bond acceptors (Lipinski definition) is 4. The van der Waals surface area contributed by atoms with Gasteiger partial charge in [-0.2, -0.15) is 0 Å². The summed E-state index contributed by atoms with van der Waals surface area (Å²) in [6.45, 7) is 3.41. The number of amides is 2. The van der Waals surface area contributed by atoms with Crippen LogP contribution in [0, 0.1) is 6.92 Å². The second-order valence-electron chi connectivity index (χ2n) is 5.97. The largest absolute Gasteiger partial charge is 0.497 e. The van der Waals surface area contributed by atoms with Crippen molar-refractivity contribution in [3.05, 3.63) is 45.9 Å². The Labute approximate surface area is 146 Å². The van der Waals surface area contributed by atoms with Gasteiger partial charge >= 0.3 is 6.03 Å². The van der Waals surface area contributed by atoms with Gasteiger partial charge in [0.25, 0.3) is 0 Å². The van der Waals surface area contributed by atoms with Crippen LogP contribution in [-0.2, 0) is 6.42 Å². The zero-order valence-corrected chi connectivity index (χ0v) is 14.9. The molecule has 24 heavy (non-hydrogen) atoms.